The van der Waals surface area contributed by atoms with Crippen LogP contribution in [-0.2, 0) is 10.0 Å². The molecule has 0 aliphatic heterocycles. The number of para-hydroxylation sites is 1. The number of benzene rings is 2. The van der Waals surface area contributed by atoms with Gasteiger partial charge in [0.15, 0.2) is 0 Å². The van der Waals surface area contributed by atoms with Gasteiger partial charge in [-0.2, -0.15) is 17.9 Å². The minimum absolute atomic E-state index is 0.0930. The number of unbranched alkanes of at least 4 members (excludes halogenated alkanes) is 2. The van der Waals surface area contributed by atoms with Crippen LogP contribution in [0, 0.1) is 20.8 Å². The summed E-state index contributed by atoms with van der Waals surface area (Å²) < 4.78 is 69.8. The van der Waals surface area contributed by atoms with Crippen LogP contribution in [0.2, 0.25) is 0 Å². The Balaban J connectivity index is 2.36. The lowest BCUT2D eigenvalue weighted by atomic mass is 10.1. The monoisotopic (exact) mass is 456 g/mol. The molecule has 1 N–H and O–H groups in total. The lowest BCUT2D eigenvalue weighted by molar-refractivity contribution is -0.149. The molecule has 2 aromatic rings. The van der Waals surface area contributed by atoms with Gasteiger partial charge in [-0.3, -0.25) is 0 Å². The van der Waals surface area contributed by atoms with Gasteiger partial charge in [0.25, 0.3) is 0 Å². The van der Waals surface area contributed by atoms with Gasteiger partial charge >= 0.3 is 6.18 Å². The zero-order valence-electron chi connectivity index (χ0n) is 18.5. The molecule has 172 valence electrons. The molecule has 0 aliphatic rings. The highest BCUT2D eigenvalue weighted by Gasteiger charge is 2.43. The van der Waals surface area contributed by atoms with Crippen LogP contribution in [0.25, 0.3) is 0 Å². The number of rotatable bonds is 10. The number of halogens is 3. The van der Waals surface area contributed by atoms with Crippen LogP contribution in [0.4, 0.5) is 18.9 Å². The summed E-state index contributed by atoms with van der Waals surface area (Å²) in [6, 6.07) is 9.86. The van der Waals surface area contributed by atoms with Crippen molar-refractivity contribution in [3.63, 3.8) is 0 Å². The zero-order chi connectivity index (χ0) is 23.2. The van der Waals surface area contributed by atoms with Gasteiger partial charge in [0.1, 0.15) is 6.04 Å². The summed E-state index contributed by atoms with van der Waals surface area (Å²) in [5, 5.41) is 0. The van der Waals surface area contributed by atoms with E-state index < -0.39 is 28.8 Å². The quantitative estimate of drug-likeness (QED) is 0.479. The summed E-state index contributed by atoms with van der Waals surface area (Å²) in [5.74, 6) is 0. The highest BCUT2D eigenvalue weighted by atomic mass is 32.2. The summed E-state index contributed by atoms with van der Waals surface area (Å²) in [6.07, 6.45) is -2.20. The molecule has 31 heavy (non-hydrogen) atoms. The van der Waals surface area contributed by atoms with E-state index in [0.717, 1.165) is 24.8 Å². The Morgan fingerprint density at radius 1 is 1.00 bits per heavy atom. The van der Waals surface area contributed by atoms with E-state index in [1.807, 2.05) is 18.6 Å². The van der Waals surface area contributed by atoms with E-state index in [1.165, 1.54) is 0 Å². The second-order valence-electron chi connectivity index (χ2n) is 7.93. The lowest BCUT2D eigenvalue weighted by Gasteiger charge is -2.31. The molecular weight excluding hydrogens is 425 g/mol. The normalized spacial score (nSPS) is 13.3. The third-order valence-corrected chi connectivity index (χ3v) is 6.90. The Morgan fingerprint density at radius 2 is 1.58 bits per heavy atom. The van der Waals surface area contributed by atoms with Crippen LogP contribution in [0.5, 0.6) is 0 Å². The highest BCUT2D eigenvalue weighted by Crippen LogP contribution is 2.27. The molecule has 2 rings (SSSR count). The smallest absolute Gasteiger partial charge is 0.370 e. The molecule has 2 aromatic carbocycles. The number of sulfonamides is 1. The zero-order valence-corrected chi connectivity index (χ0v) is 19.3. The maximum absolute atomic E-state index is 13.9. The van der Waals surface area contributed by atoms with Crippen LogP contribution in [0.1, 0.15) is 42.9 Å². The molecule has 0 spiro atoms. The van der Waals surface area contributed by atoms with E-state index in [1.54, 1.807) is 61.2 Å². The van der Waals surface area contributed by atoms with E-state index in [4.69, 9.17) is 0 Å². The first-order chi connectivity index (χ1) is 14.5. The Kier molecular flexibility index (Phi) is 8.54. The van der Waals surface area contributed by atoms with Crippen molar-refractivity contribution in [2.24, 2.45) is 0 Å². The second kappa shape index (κ2) is 10.5. The SMILES string of the molecule is CCCCCN(CC(NS(=O)(=O)c1c(C)cc(C)cc1C)C(F)(F)F)c1ccccc1. The molecular formula is C23H31F3N2O2S. The van der Waals surface area contributed by atoms with Crippen molar-refractivity contribution >= 4 is 15.7 Å². The molecule has 0 fully saturated rings. The highest BCUT2D eigenvalue weighted by molar-refractivity contribution is 7.89. The van der Waals surface area contributed by atoms with Crippen molar-refractivity contribution in [2.45, 2.75) is 64.1 Å². The Hall–Kier alpha value is -2.06. The third kappa shape index (κ3) is 6.97. The molecule has 0 saturated heterocycles. The summed E-state index contributed by atoms with van der Waals surface area (Å²) in [6.45, 7) is 6.94. The molecule has 0 aromatic heterocycles. The fourth-order valence-corrected chi connectivity index (χ4v) is 5.45. The minimum Gasteiger partial charge on any atom is -0.370 e. The van der Waals surface area contributed by atoms with Gasteiger partial charge in [-0.25, -0.2) is 8.42 Å². The van der Waals surface area contributed by atoms with Crippen LogP contribution in [0.3, 0.4) is 0 Å². The Bertz CT molecular complexity index is 938. The summed E-state index contributed by atoms with van der Waals surface area (Å²) in [7, 11) is -4.37. The first-order valence-electron chi connectivity index (χ1n) is 10.4. The third-order valence-electron chi connectivity index (χ3n) is 5.12. The van der Waals surface area contributed by atoms with Crippen molar-refractivity contribution < 1.29 is 21.6 Å². The van der Waals surface area contributed by atoms with Crippen molar-refractivity contribution in [1.29, 1.82) is 0 Å². The maximum atomic E-state index is 13.9. The van der Waals surface area contributed by atoms with E-state index in [0.29, 0.717) is 23.4 Å². The molecule has 8 heteroatoms. The molecule has 0 radical (unpaired) electrons. The first-order valence-corrected chi connectivity index (χ1v) is 11.9. The average molecular weight is 457 g/mol. The predicted molar refractivity (Wildman–Crippen MR) is 119 cm³/mol. The number of hydrogen-bond acceptors (Lipinski definition) is 3. The topological polar surface area (TPSA) is 49.4 Å². The largest absolute Gasteiger partial charge is 0.406 e. The number of alkyl halides is 3. The number of nitrogens with zero attached hydrogens (tertiary/aromatic N) is 1. The standard InChI is InChI=1S/C23H31F3N2O2S/c1-5-6-10-13-28(20-11-8-7-9-12-20)16-21(23(24,25)26)27-31(29,30)22-18(3)14-17(2)15-19(22)4/h7-9,11-12,14-15,21,27H,5-6,10,13,16H2,1-4H3. The number of anilines is 1. The second-order valence-corrected chi connectivity index (χ2v) is 9.58. The van der Waals surface area contributed by atoms with Gasteiger partial charge in [-0.1, -0.05) is 55.7 Å². The molecule has 0 heterocycles. The molecule has 0 saturated carbocycles. The van der Waals surface area contributed by atoms with Crippen molar-refractivity contribution in [2.75, 3.05) is 18.0 Å². The van der Waals surface area contributed by atoms with E-state index >= 15 is 0 Å². The lowest BCUT2D eigenvalue weighted by Crippen LogP contribution is -2.52. The van der Waals surface area contributed by atoms with Crippen LogP contribution in [-0.4, -0.2) is 33.7 Å². The van der Waals surface area contributed by atoms with Crippen molar-refractivity contribution in [3.05, 3.63) is 59.2 Å². The van der Waals surface area contributed by atoms with Gasteiger partial charge in [-0.05, 0) is 50.5 Å². The van der Waals surface area contributed by atoms with Gasteiger partial charge in [0, 0.05) is 18.8 Å². The molecule has 0 bridgehead atoms. The van der Waals surface area contributed by atoms with Gasteiger partial charge in [-0.15, -0.1) is 0 Å². The van der Waals surface area contributed by atoms with Crippen molar-refractivity contribution in [3.8, 4) is 0 Å². The predicted octanol–water partition coefficient (Wildman–Crippen LogP) is 5.52. The summed E-state index contributed by atoms with van der Waals surface area (Å²) in [5.41, 5.74) is 2.34. The van der Waals surface area contributed by atoms with Gasteiger partial charge in [0.05, 0.1) is 4.90 Å². The molecule has 1 atom stereocenters. The van der Waals surface area contributed by atoms with Gasteiger partial charge < -0.3 is 4.90 Å². The minimum atomic E-state index is -4.74. The number of hydrogen-bond donors (Lipinski definition) is 1. The fraction of sp³-hybridized carbons (Fsp3) is 0.478. The van der Waals surface area contributed by atoms with E-state index in [9.17, 15) is 21.6 Å². The Morgan fingerprint density at radius 3 is 2.10 bits per heavy atom. The molecule has 4 nitrogen and oxygen atoms in total. The molecule has 0 aliphatic carbocycles. The number of nitrogens with one attached hydrogen (secondary N) is 1. The number of aryl methyl sites for hydroxylation is 3. The van der Waals surface area contributed by atoms with E-state index in [-0.39, 0.29) is 4.90 Å². The van der Waals surface area contributed by atoms with Crippen LogP contribution >= 0.6 is 0 Å². The van der Waals surface area contributed by atoms with Crippen molar-refractivity contribution in [1.82, 2.24) is 4.72 Å². The average Bonchev–Trinajstić information content (AvgIpc) is 2.65. The van der Waals surface area contributed by atoms with Crippen LogP contribution in [0.15, 0.2) is 47.4 Å². The fourth-order valence-electron chi connectivity index (χ4n) is 3.78. The molecule has 1 unspecified atom stereocenters. The molecule has 0 amide bonds. The van der Waals surface area contributed by atoms with E-state index in [2.05, 4.69) is 0 Å². The van der Waals surface area contributed by atoms with Gasteiger partial charge in [0.2, 0.25) is 10.0 Å². The Labute approximate surface area is 183 Å². The summed E-state index contributed by atoms with van der Waals surface area (Å²) >= 11 is 0. The van der Waals surface area contributed by atoms with Crippen LogP contribution < -0.4 is 9.62 Å². The summed E-state index contributed by atoms with van der Waals surface area (Å²) in [4.78, 5) is 1.51. The maximum Gasteiger partial charge on any atom is 0.406 e. The first kappa shape index (κ1) is 25.2.